The van der Waals surface area contributed by atoms with Crippen LogP contribution < -0.4 is 10.1 Å². The summed E-state index contributed by atoms with van der Waals surface area (Å²) in [5, 5.41) is 11.5. The number of hydrogen-bond donors (Lipinski definition) is 2. The lowest BCUT2D eigenvalue weighted by atomic mass is 10.2. The van der Waals surface area contributed by atoms with Crippen molar-refractivity contribution in [3.05, 3.63) is 29.8 Å². The number of rotatable bonds is 6. The van der Waals surface area contributed by atoms with E-state index in [4.69, 9.17) is 9.84 Å². The van der Waals surface area contributed by atoms with E-state index >= 15 is 0 Å². The molecule has 0 saturated carbocycles. The molecule has 1 atom stereocenters. The molecule has 0 aliphatic rings. The van der Waals surface area contributed by atoms with E-state index in [0.29, 0.717) is 12.3 Å². The highest BCUT2D eigenvalue weighted by Gasteiger charge is 2.14. The van der Waals surface area contributed by atoms with Crippen molar-refractivity contribution in [1.29, 1.82) is 0 Å². The standard InChI is InChI=1S/C13H17NO4/c1-3-7-14-12(15)9(2)18-11-6-4-5-10(8-11)13(16)17/h4-6,8-9H,3,7H2,1-2H3,(H,14,15)(H,16,17). The fourth-order valence-corrected chi connectivity index (χ4v) is 1.35. The van der Waals surface area contributed by atoms with Gasteiger partial charge in [-0.05, 0) is 31.5 Å². The third-order valence-electron chi connectivity index (χ3n) is 2.31. The van der Waals surface area contributed by atoms with E-state index in [1.807, 2.05) is 6.92 Å². The number of carboxylic acids is 1. The normalized spacial score (nSPS) is 11.7. The predicted molar refractivity (Wildman–Crippen MR) is 66.8 cm³/mol. The van der Waals surface area contributed by atoms with Gasteiger partial charge in [0.25, 0.3) is 5.91 Å². The van der Waals surface area contributed by atoms with Crippen LogP contribution in [0.15, 0.2) is 24.3 Å². The minimum atomic E-state index is -1.02. The molecule has 1 aromatic carbocycles. The van der Waals surface area contributed by atoms with Crippen LogP contribution in [0, 0.1) is 0 Å². The molecule has 1 rings (SSSR count). The second-order valence-corrected chi connectivity index (χ2v) is 3.88. The Kier molecular flexibility index (Phi) is 5.17. The number of aromatic carboxylic acids is 1. The summed E-state index contributed by atoms with van der Waals surface area (Å²) < 4.78 is 5.39. The second-order valence-electron chi connectivity index (χ2n) is 3.88. The molecule has 5 nitrogen and oxygen atoms in total. The van der Waals surface area contributed by atoms with Crippen molar-refractivity contribution < 1.29 is 19.4 Å². The molecule has 2 N–H and O–H groups in total. The molecule has 0 spiro atoms. The first-order chi connectivity index (χ1) is 8.54. The van der Waals surface area contributed by atoms with Crippen molar-refractivity contribution in [3.8, 4) is 5.75 Å². The van der Waals surface area contributed by atoms with Crippen molar-refractivity contribution in [3.63, 3.8) is 0 Å². The molecule has 0 bridgehead atoms. The minimum Gasteiger partial charge on any atom is -0.481 e. The van der Waals surface area contributed by atoms with Crippen molar-refractivity contribution in [2.24, 2.45) is 0 Å². The quantitative estimate of drug-likeness (QED) is 0.806. The van der Waals surface area contributed by atoms with Crippen LogP contribution in [-0.4, -0.2) is 29.6 Å². The van der Waals surface area contributed by atoms with Crippen LogP contribution in [0.25, 0.3) is 0 Å². The van der Waals surface area contributed by atoms with E-state index < -0.39 is 12.1 Å². The van der Waals surface area contributed by atoms with Gasteiger partial charge in [-0.1, -0.05) is 13.0 Å². The number of benzene rings is 1. The number of carbonyl (C=O) groups is 2. The van der Waals surface area contributed by atoms with Crippen LogP contribution in [0.1, 0.15) is 30.6 Å². The maximum Gasteiger partial charge on any atom is 0.335 e. The fourth-order valence-electron chi connectivity index (χ4n) is 1.35. The Balaban J connectivity index is 2.63. The molecule has 18 heavy (non-hydrogen) atoms. The van der Waals surface area contributed by atoms with E-state index in [0.717, 1.165) is 6.42 Å². The molecule has 1 aromatic rings. The lowest BCUT2D eigenvalue weighted by molar-refractivity contribution is -0.127. The molecule has 0 heterocycles. The number of nitrogens with one attached hydrogen (secondary N) is 1. The zero-order valence-electron chi connectivity index (χ0n) is 10.5. The van der Waals surface area contributed by atoms with E-state index in [2.05, 4.69) is 5.32 Å². The second kappa shape index (κ2) is 6.64. The van der Waals surface area contributed by atoms with Crippen LogP contribution in [0.5, 0.6) is 5.75 Å². The van der Waals surface area contributed by atoms with Gasteiger partial charge in [-0.2, -0.15) is 0 Å². The molecule has 1 amide bonds. The molecule has 98 valence electrons. The number of amides is 1. The maximum absolute atomic E-state index is 11.6. The highest BCUT2D eigenvalue weighted by Crippen LogP contribution is 2.15. The van der Waals surface area contributed by atoms with E-state index in [1.165, 1.54) is 12.1 Å². The third-order valence-corrected chi connectivity index (χ3v) is 2.31. The Morgan fingerprint density at radius 1 is 1.44 bits per heavy atom. The van der Waals surface area contributed by atoms with Crippen molar-refractivity contribution in [1.82, 2.24) is 5.32 Å². The summed E-state index contributed by atoms with van der Waals surface area (Å²) in [7, 11) is 0. The molecule has 0 aromatic heterocycles. The zero-order valence-corrected chi connectivity index (χ0v) is 10.5. The van der Waals surface area contributed by atoms with Crippen LogP contribution in [-0.2, 0) is 4.79 Å². The van der Waals surface area contributed by atoms with Crippen molar-refractivity contribution in [2.75, 3.05) is 6.54 Å². The molecule has 0 fully saturated rings. The highest BCUT2D eigenvalue weighted by molar-refractivity contribution is 5.88. The van der Waals surface area contributed by atoms with Gasteiger partial charge in [0.2, 0.25) is 0 Å². The molecular weight excluding hydrogens is 234 g/mol. The Hall–Kier alpha value is -2.04. The van der Waals surface area contributed by atoms with E-state index in [-0.39, 0.29) is 11.5 Å². The van der Waals surface area contributed by atoms with E-state index in [1.54, 1.807) is 19.1 Å². The first-order valence-corrected chi connectivity index (χ1v) is 5.82. The smallest absolute Gasteiger partial charge is 0.335 e. The summed E-state index contributed by atoms with van der Waals surface area (Å²) in [5.41, 5.74) is 0.133. The van der Waals surface area contributed by atoms with Gasteiger partial charge in [-0.25, -0.2) is 4.79 Å². The van der Waals surface area contributed by atoms with Crippen molar-refractivity contribution >= 4 is 11.9 Å². The number of hydrogen-bond acceptors (Lipinski definition) is 3. The van der Waals surface area contributed by atoms with Gasteiger partial charge in [-0.15, -0.1) is 0 Å². The Morgan fingerprint density at radius 2 is 2.17 bits per heavy atom. The van der Waals surface area contributed by atoms with E-state index in [9.17, 15) is 9.59 Å². The summed E-state index contributed by atoms with van der Waals surface area (Å²) in [6, 6.07) is 6.06. The lowest BCUT2D eigenvalue weighted by Crippen LogP contribution is -2.36. The van der Waals surface area contributed by atoms with Gasteiger partial charge in [0.05, 0.1) is 5.56 Å². The maximum atomic E-state index is 11.6. The Labute approximate surface area is 106 Å². The Morgan fingerprint density at radius 3 is 2.78 bits per heavy atom. The first-order valence-electron chi connectivity index (χ1n) is 5.82. The first kappa shape index (κ1) is 14.0. The predicted octanol–water partition coefficient (Wildman–Crippen LogP) is 1.68. The van der Waals surface area contributed by atoms with Gasteiger partial charge in [0, 0.05) is 6.54 Å². The van der Waals surface area contributed by atoms with Gasteiger partial charge in [0.1, 0.15) is 5.75 Å². The van der Waals surface area contributed by atoms with Gasteiger partial charge in [-0.3, -0.25) is 4.79 Å². The van der Waals surface area contributed by atoms with Crippen LogP contribution in [0.2, 0.25) is 0 Å². The van der Waals surface area contributed by atoms with Crippen molar-refractivity contribution in [2.45, 2.75) is 26.4 Å². The lowest BCUT2D eigenvalue weighted by Gasteiger charge is -2.14. The minimum absolute atomic E-state index is 0.133. The number of carboxylic acid groups (broad SMARTS) is 1. The summed E-state index contributed by atoms with van der Waals surface area (Å²) in [4.78, 5) is 22.4. The molecule has 0 saturated heterocycles. The molecule has 1 unspecified atom stereocenters. The molecule has 0 aliphatic heterocycles. The molecule has 5 heteroatoms. The summed E-state index contributed by atoms with van der Waals surface area (Å²) in [6.07, 6.45) is 0.202. The van der Waals surface area contributed by atoms with Crippen LogP contribution >= 0.6 is 0 Å². The van der Waals surface area contributed by atoms with Crippen LogP contribution in [0.4, 0.5) is 0 Å². The van der Waals surface area contributed by atoms with Crippen LogP contribution in [0.3, 0.4) is 0 Å². The SMILES string of the molecule is CCCNC(=O)C(C)Oc1cccc(C(=O)O)c1. The summed E-state index contributed by atoms with van der Waals surface area (Å²) in [5.74, 6) is -0.866. The van der Waals surface area contributed by atoms with Gasteiger partial charge >= 0.3 is 5.97 Å². The number of carbonyl (C=O) groups excluding carboxylic acids is 1. The topological polar surface area (TPSA) is 75.6 Å². The highest BCUT2D eigenvalue weighted by atomic mass is 16.5. The third kappa shape index (κ3) is 4.08. The monoisotopic (exact) mass is 251 g/mol. The van der Waals surface area contributed by atoms with Gasteiger partial charge in [0.15, 0.2) is 6.10 Å². The average molecular weight is 251 g/mol. The molecule has 0 radical (unpaired) electrons. The fraction of sp³-hybridized carbons (Fsp3) is 0.385. The molecule has 0 aliphatic carbocycles. The summed E-state index contributed by atoms with van der Waals surface area (Å²) in [6.45, 7) is 4.18. The largest absolute Gasteiger partial charge is 0.481 e. The summed E-state index contributed by atoms with van der Waals surface area (Å²) >= 11 is 0. The zero-order chi connectivity index (χ0) is 13.5. The molecular formula is C13H17NO4. The Bertz CT molecular complexity index is 431. The average Bonchev–Trinajstić information content (AvgIpc) is 2.36. The van der Waals surface area contributed by atoms with Gasteiger partial charge < -0.3 is 15.2 Å². The number of ether oxygens (including phenoxy) is 1.